The van der Waals surface area contributed by atoms with Crippen LogP contribution in [0.3, 0.4) is 0 Å². The normalized spacial score (nSPS) is 14.0. The van der Waals surface area contributed by atoms with Gasteiger partial charge in [0.2, 0.25) is 0 Å². The zero-order valence-electron chi connectivity index (χ0n) is 9.49. The molecule has 0 unspecified atom stereocenters. The summed E-state index contributed by atoms with van der Waals surface area (Å²) >= 11 is 0. The van der Waals surface area contributed by atoms with Crippen LogP contribution in [0.2, 0.25) is 10.1 Å². The van der Waals surface area contributed by atoms with Gasteiger partial charge in [-0.3, -0.25) is 0 Å². The summed E-state index contributed by atoms with van der Waals surface area (Å²) < 4.78 is 0. The van der Waals surface area contributed by atoms with Crippen LogP contribution in [0.15, 0.2) is 0 Å². The molecule has 0 aliphatic heterocycles. The Labute approximate surface area is 120 Å². The van der Waals surface area contributed by atoms with Crippen LogP contribution in [0.1, 0.15) is 41.5 Å². The van der Waals surface area contributed by atoms with Gasteiger partial charge in [-0.25, -0.2) is 0 Å². The summed E-state index contributed by atoms with van der Waals surface area (Å²) in [7, 11) is -2.86. The van der Waals surface area contributed by atoms with Crippen molar-refractivity contribution in [3.05, 3.63) is 0 Å². The van der Waals surface area contributed by atoms with E-state index in [1.807, 2.05) is 41.5 Å². The van der Waals surface area contributed by atoms with E-state index in [1.165, 1.54) is 0 Å². The third-order valence-corrected chi connectivity index (χ3v) is 6.69. The molecular weight excluding hydrogens is 193 g/mol. The van der Waals surface area contributed by atoms with Crippen molar-refractivity contribution >= 4 is 8.48 Å². The average Bonchev–Trinajstić information content (AvgIpc) is 1.58. The maximum atomic E-state index is 12.1. The van der Waals surface area contributed by atoms with E-state index in [9.17, 15) is 4.80 Å². The first-order valence-electron chi connectivity index (χ1n) is 3.99. The number of rotatable bonds is 0. The maximum absolute atomic E-state index is 12.1. The first kappa shape index (κ1) is 16.2. The molecule has 0 saturated heterocycles. The zero-order chi connectivity index (χ0) is 9.50. The molecule has 4 heteroatoms. The standard InChI is InChI=1S/C8H20NOSi.K/c1-7(2,3)11(9,10)8(4,5)6;/h9H2,1-6H3;/q-1;+1. The number of hydrogen-bond acceptors (Lipinski definition) is 2. The second-order valence-corrected chi connectivity index (χ2v) is 9.71. The molecule has 0 bridgehead atoms. The van der Waals surface area contributed by atoms with Gasteiger partial charge < -0.3 is 10.2 Å². The first-order valence-corrected chi connectivity index (χ1v) is 5.98. The van der Waals surface area contributed by atoms with Crippen molar-refractivity contribution in [1.82, 2.24) is 0 Å². The summed E-state index contributed by atoms with van der Waals surface area (Å²) in [6, 6.07) is 0. The third kappa shape index (κ3) is 3.49. The second-order valence-electron chi connectivity index (χ2n) is 5.24. The molecular formula is C8H20KNOSi. The van der Waals surface area contributed by atoms with Gasteiger partial charge in [0.1, 0.15) is 0 Å². The van der Waals surface area contributed by atoms with Crippen molar-refractivity contribution in [2.75, 3.05) is 0 Å². The van der Waals surface area contributed by atoms with E-state index in [2.05, 4.69) is 0 Å². The molecule has 0 aliphatic rings. The van der Waals surface area contributed by atoms with Crippen molar-refractivity contribution in [2.45, 2.75) is 51.6 Å². The summed E-state index contributed by atoms with van der Waals surface area (Å²) in [5.41, 5.74) is 0. The molecule has 0 amide bonds. The fourth-order valence-electron chi connectivity index (χ4n) is 1.12. The summed E-state index contributed by atoms with van der Waals surface area (Å²) in [5.74, 6) is 0. The molecule has 0 atom stereocenters. The van der Waals surface area contributed by atoms with Crippen LogP contribution >= 0.6 is 0 Å². The molecule has 0 aromatic carbocycles. The Bertz CT molecular complexity index is 130. The second kappa shape index (κ2) is 4.53. The molecule has 0 spiro atoms. The Morgan fingerprint density at radius 1 is 0.917 bits per heavy atom. The Balaban J connectivity index is 0. The van der Waals surface area contributed by atoms with E-state index in [0.29, 0.717) is 0 Å². The van der Waals surface area contributed by atoms with Gasteiger partial charge in [-0.1, -0.05) is 41.5 Å². The van der Waals surface area contributed by atoms with Crippen molar-refractivity contribution < 1.29 is 56.2 Å². The van der Waals surface area contributed by atoms with Gasteiger partial charge in [0.15, 0.2) is 0 Å². The first-order chi connectivity index (χ1) is 4.50. The van der Waals surface area contributed by atoms with Crippen LogP contribution in [0.4, 0.5) is 0 Å². The van der Waals surface area contributed by atoms with E-state index < -0.39 is 8.48 Å². The maximum Gasteiger partial charge on any atom is 1.00 e. The van der Waals surface area contributed by atoms with Gasteiger partial charge in [0, 0.05) is 8.48 Å². The molecule has 0 radical (unpaired) electrons. The minimum atomic E-state index is -2.86. The summed E-state index contributed by atoms with van der Waals surface area (Å²) in [5, 5.41) is 5.34. The van der Waals surface area contributed by atoms with Crippen LogP contribution in [0.25, 0.3) is 0 Å². The average molecular weight is 213 g/mol. The topological polar surface area (TPSA) is 49.1 Å². The SMILES string of the molecule is CC(C)(C)[Si](N)([O-])C(C)(C)C.[K+]. The molecule has 0 heterocycles. The Hall–Kier alpha value is 1.77. The molecule has 2 N–H and O–H groups in total. The van der Waals surface area contributed by atoms with Crippen LogP contribution in [0.5, 0.6) is 0 Å². The molecule has 12 heavy (non-hydrogen) atoms. The fourth-order valence-corrected chi connectivity index (χ4v) is 3.38. The Morgan fingerprint density at radius 3 is 1.08 bits per heavy atom. The third-order valence-electron chi connectivity index (χ3n) is 2.23. The summed E-state index contributed by atoms with van der Waals surface area (Å²) in [6.07, 6.45) is 0. The number of nitrogens with two attached hydrogens (primary N) is 1. The van der Waals surface area contributed by atoms with E-state index in [0.717, 1.165) is 0 Å². The molecule has 0 aliphatic carbocycles. The van der Waals surface area contributed by atoms with Gasteiger partial charge in [-0.2, -0.15) is 0 Å². The van der Waals surface area contributed by atoms with Gasteiger partial charge in [-0.05, 0) is 10.1 Å². The van der Waals surface area contributed by atoms with Crippen LogP contribution in [-0.2, 0) is 0 Å². The van der Waals surface area contributed by atoms with Gasteiger partial charge >= 0.3 is 51.4 Å². The van der Waals surface area contributed by atoms with Gasteiger partial charge in [-0.15, -0.1) is 0 Å². The van der Waals surface area contributed by atoms with Crippen molar-refractivity contribution in [3.63, 3.8) is 0 Å². The van der Waals surface area contributed by atoms with Gasteiger partial charge in [0.25, 0.3) is 0 Å². The quantitative estimate of drug-likeness (QED) is 0.490. The minimum Gasteiger partial charge on any atom is -0.847 e. The summed E-state index contributed by atoms with van der Waals surface area (Å²) in [4.78, 5) is 12.1. The predicted molar refractivity (Wildman–Crippen MR) is 49.4 cm³/mol. The van der Waals surface area contributed by atoms with Crippen molar-refractivity contribution in [3.8, 4) is 0 Å². The van der Waals surface area contributed by atoms with Crippen LogP contribution in [0, 0.1) is 0 Å². The molecule has 2 nitrogen and oxygen atoms in total. The fraction of sp³-hybridized carbons (Fsp3) is 1.00. The van der Waals surface area contributed by atoms with E-state index in [-0.39, 0.29) is 61.5 Å². The predicted octanol–water partition coefficient (Wildman–Crippen LogP) is -1.65. The summed E-state index contributed by atoms with van der Waals surface area (Å²) in [6.45, 7) is 11.7. The molecule has 0 rings (SSSR count). The molecule has 0 fully saturated rings. The van der Waals surface area contributed by atoms with E-state index in [4.69, 9.17) is 5.40 Å². The molecule has 0 saturated carbocycles. The zero-order valence-corrected chi connectivity index (χ0v) is 13.6. The monoisotopic (exact) mass is 213 g/mol. The van der Waals surface area contributed by atoms with E-state index in [1.54, 1.807) is 0 Å². The Kier molecular flexibility index (Phi) is 6.12. The van der Waals surface area contributed by atoms with E-state index >= 15 is 0 Å². The Morgan fingerprint density at radius 2 is 1.08 bits per heavy atom. The number of hydrogen-bond donors (Lipinski definition) is 1. The largest absolute Gasteiger partial charge is 1.00 e. The molecule has 68 valence electrons. The molecule has 0 aromatic rings. The molecule has 0 aromatic heterocycles. The van der Waals surface area contributed by atoms with Crippen LogP contribution in [-0.4, -0.2) is 8.48 Å². The van der Waals surface area contributed by atoms with Crippen molar-refractivity contribution in [2.24, 2.45) is 5.40 Å². The van der Waals surface area contributed by atoms with Crippen LogP contribution < -0.4 is 61.6 Å². The van der Waals surface area contributed by atoms with Gasteiger partial charge in [0.05, 0.1) is 0 Å². The van der Waals surface area contributed by atoms with Crippen molar-refractivity contribution in [1.29, 1.82) is 0 Å². The smallest absolute Gasteiger partial charge is 0.847 e. The minimum absolute atomic E-state index is 0.